The van der Waals surface area contributed by atoms with Crippen LogP contribution in [0.3, 0.4) is 0 Å². The molecular weight excluding hydrogens is 344 g/mol. The van der Waals surface area contributed by atoms with Crippen LogP contribution in [0.2, 0.25) is 0 Å². The standard InChI is InChI=1S/C20H18N4O3/c1-27-15-9-7-13(8-10-15)23-12-11-16-17(19(21)25)22-24(18(16)20(23)26)14-5-3-2-4-6-14/h2-10H,11-12H2,1H3,(H2,21,25). The molecule has 0 aliphatic carbocycles. The van der Waals surface area contributed by atoms with Crippen molar-refractivity contribution in [3.8, 4) is 11.4 Å². The Morgan fingerprint density at radius 3 is 2.41 bits per heavy atom. The van der Waals surface area contributed by atoms with Crippen LogP contribution in [0.1, 0.15) is 26.5 Å². The van der Waals surface area contributed by atoms with E-state index in [2.05, 4.69) is 5.10 Å². The summed E-state index contributed by atoms with van der Waals surface area (Å²) in [7, 11) is 1.59. The smallest absolute Gasteiger partial charge is 0.277 e. The van der Waals surface area contributed by atoms with Gasteiger partial charge in [-0.3, -0.25) is 9.59 Å². The Kier molecular flexibility index (Phi) is 4.12. The van der Waals surface area contributed by atoms with E-state index in [-0.39, 0.29) is 11.6 Å². The van der Waals surface area contributed by atoms with Gasteiger partial charge in [0.15, 0.2) is 5.69 Å². The predicted octanol–water partition coefficient (Wildman–Crippen LogP) is 2.18. The van der Waals surface area contributed by atoms with Crippen LogP contribution < -0.4 is 15.4 Å². The number of anilines is 1. The van der Waals surface area contributed by atoms with E-state index in [1.807, 2.05) is 54.6 Å². The van der Waals surface area contributed by atoms with E-state index in [9.17, 15) is 9.59 Å². The van der Waals surface area contributed by atoms with Crippen molar-refractivity contribution in [2.75, 3.05) is 18.6 Å². The largest absolute Gasteiger partial charge is 0.497 e. The molecule has 1 aliphatic rings. The van der Waals surface area contributed by atoms with Gasteiger partial charge in [0.25, 0.3) is 11.8 Å². The van der Waals surface area contributed by atoms with Crippen molar-refractivity contribution in [3.63, 3.8) is 0 Å². The molecule has 0 spiro atoms. The number of hydrogen-bond acceptors (Lipinski definition) is 4. The van der Waals surface area contributed by atoms with Crippen molar-refractivity contribution in [1.29, 1.82) is 0 Å². The number of para-hydroxylation sites is 1. The zero-order chi connectivity index (χ0) is 19.0. The lowest BCUT2D eigenvalue weighted by molar-refractivity contribution is 0.0972. The lowest BCUT2D eigenvalue weighted by Crippen LogP contribution is -2.39. The van der Waals surface area contributed by atoms with Crippen molar-refractivity contribution >= 4 is 17.5 Å². The number of nitrogens with zero attached hydrogens (tertiary/aromatic N) is 3. The summed E-state index contributed by atoms with van der Waals surface area (Å²) >= 11 is 0. The molecule has 0 saturated carbocycles. The van der Waals surface area contributed by atoms with E-state index >= 15 is 0 Å². The first-order valence-corrected chi connectivity index (χ1v) is 8.53. The molecule has 2 amide bonds. The molecular formula is C20H18N4O3. The molecule has 7 nitrogen and oxygen atoms in total. The first-order chi connectivity index (χ1) is 13.1. The second-order valence-corrected chi connectivity index (χ2v) is 6.19. The third kappa shape index (κ3) is 2.83. The minimum Gasteiger partial charge on any atom is -0.497 e. The van der Waals surface area contributed by atoms with Crippen LogP contribution in [0.5, 0.6) is 5.75 Å². The van der Waals surface area contributed by atoms with Gasteiger partial charge in [-0.25, -0.2) is 4.68 Å². The minimum atomic E-state index is -0.633. The van der Waals surface area contributed by atoms with Crippen molar-refractivity contribution in [1.82, 2.24) is 9.78 Å². The molecule has 3 aromatic rings. The molecule has 0 fully saturated rings. The maximum Gasteiger partial charge on any atom is 0.277 e. The first kappa shape index (κ1) is 16.8. The zero-order valence-electron chi connectivity index (χ0n) is 14.8. The van der Waals surface area contributed by atoms with Gasteiger partial charge in [-0.2, -0.15) is 5.10 Å². The molecule has 1 aliphatic heterocycles. The summed E-state index contributed by atoms with van der Waals surface area (Å²) < 4.78 is 6.68. The summed E-state index contributed by atoms with van der Waals surface area (Å²) in [6, 6.07) is 16.5. The lowest BCUT2D eigenvalue weighted by Gasteiger charge is -2.27. The Balaban J connectivity index is 1.82. The third-order valence-corrected chi connectivity index (χ3v) is 4.63. The second kappa shape index (κ2) is 6.60. The lowest BCUT2D eigenvalue weighted by atomic mass is 10.0. The summed E-state index contributed by atoms with van der Waals surface area (Å²) in [5.74, 6) is -0.133. The molecule has 0 atom stereocenters. The van der Waals surface area contributed by atoms with Crippen LogP contribution in [0.15, 0.2) is 54.6 Å². The predicted molar refractivity (Wildman–Crippen MR) is 100 cm³/mol. The number of rotatable bonds is 4. The van der Waals surface area contributed by atoms with E-state index in [4.69, 9.17) is 10.5 Å². The number of aromatic nitrogens is 2. The van der Waals surface area contributed by atoms with Gasteiger partial charge in [0, 0.05) is 17.8 Å². The van der Waals surface area contributed by atoms with Gasteiger partial charge in [0.2, 0.25) is 0 Å². The third-order valence-electron chi connectivity index (χ3n) is 4.63. The van der Waals surface area contributed by atoms with Gasteiger partial charge in [0.1, 0.15) is 11.4 Å². The Morgan fingerprint density at radius 2 is 1.78 bits per heavy atom. The van der Waals surface area contributed by atoms with Crippen LogP contribution in [-0.4, -0.2) is 35.2 Å². The quantitative estimate of drug-likeness (QED) is 0.770. The highest BCUT2D eigenvalue weighted by Gasteiger charge is 2.34. The van der Waals surface area contributed by atoms with Gasteiger partial charge in [-0.15, -0.1) is 0 Å². The van der Waals surface area contributed by atoms with Crippen molar-refractivity contribution in [2.24, 2.45) is 5.73 Å². The molecule has 4 rings (SSSR count). The van der Waals surface area contributed by atoms with E-state index in [1.54, 1.807) is 12.0 Å². The van der Waals surface area contributed by atoms with Crippen LogP contribution in [0, 0.1) is 0 Å². The van der Waals surface area contributed by atoms with E-state index < -0.39 is 5.91 Å². The summed E-state index contributed by atoms with van der Waals surface area (Å²) in [6.45, 7) is 0.443. The number of carbonyl (C=O) groups excluding carboxylic acids is 2. The van der Waals surface area contributed by atoms with Crippen molar-refractivity contribution < 1.29 is 14.3 Å². The summed E-state index contributed by atoms with van der Waals surface area (Å²) in [6.07, 6.45) is 0.498. The van der Waals surface area contributed by atoms with Gasteiger partial charge in [0.05, 0.1) is 12.8 Å². The molecule has 136 valence electrons. The molecule has 7 heteroatoms. The molecule has 2 aromatic carbocycles. The van der Waals surface area contributed by atoms with Crippen LogP contribution in [0.25, 0.3) is 5.69 Å². The molecule has 1 aromatic heterocycles. The number of nitrogens with two attached hydrogens (primary N) is 1. The van der Waals surface area contributed by atoms with E-state index in [0.29, 0.717) is 35.7 Å². The number of benzene rings is 2. The Bertz CT molecular complexity index is 1010. The number of carbonyl (C=O) groups is 2. The first-order valence-electron chi connectivity index (χ1n) is 8.53. The fourth-order valence-corrected chi connectivity index (χ4v) is 3.32. The summed E-state index contributed by atoms with van der Waals surface area (Å²) in [5.41, 5.74) is 8.08. The molecule has 0 unspecified atom stereocenters. The second-order valence-electron chi connectivity index (χ2n) is 6.19. The molecule has 2 N–H and O–H groups in total. The van der Waals surface area contributed by atoms with Gasteiger partial charge >= 0.3 is 0 Å². The number of methoxy groups -OCH3 is 1. The molecule has 0 radical (unpaired) electrons. The fraction of sp³-hybridized carbons (Fsp3) is 0.150. The SMILES string of the molecule is COc1ccc(N2CCc3c(C(N)=O)nn(-c4ccccc4)c3C2=O)cc1. The molecule has 27 heavy (non-hydrogen) atoms. The van der Waals surface area contributed by atoms with E-state index in [0.717, 1.165) is 5.69 Å². The number of hydrogen-bond donors (Lipinski definition) is 1. The molecule has 2 heterocycles. The number of fused-ring (bicyclic) bond motifs is 1. The minimum absolute atomic E-state index is 0.150. The Hall–Kier alpha value is -3.61. The van der Waals surface area contributed by atoms with Crippen LogP contribution >= 0.6 is 0 Å². The zero-order valence-corrected chi connectivity index (χ0v) is 14.8. The summed E-state index contributed by atoms with van der Waals surface area (Å²) in [5, 5.41) is 4.34. The highest BCUT2D eigenvalue weighted by Crippen LogP contribution is 2.29. The molecule has 0 bridgehead atoms. The normalized spacial score (nSPS) is 13.4. The van der Waals surface area contributed by atoms with Gasteiger partial charge in [-0.1, -0.05) is 18.2 Å². The number of amides is 2. The number of primary amides is 1. The monoisotopic (exact) mass is 362 g/mol. The average molecular weight is 362 g/mol. The van der Waals surface area contributed by atoms with Crippen molar-refractivity contribution in [2.45, 2.75) is 6.42 Å². The average Bonchev–Trinajstić information content (AvgIpc) is 3.10. The Labute approximate surface area is 156 Å². The van der Waals surface area contributed by atoms with E-state index in [1.165, 1.54) is 4.68 Å². The van der Waals surface area contributed by atoms with Crippen LogP contribution in [0.4, 0.5) is 5.69 Å². The Morgan fingerprint density at radius 1 is 1.07 bits per heavy atom. The summed E-state index contributed by atoms with van der Waals surface area (Å²) in [4.78, 5) is 26.8. The van der Waals surface area contributed by atoms with Crippen LogP contribution in [-0.2, 0) is 6.42 Å². The van der Waals surface area contributed by atoms with Gasteiger partial charge in [-0.05, 0) is 42.8 Å². The highest BCUT2D eigenvalue weighted by atomic mass is 16.5. The topological polar surface area (TPSA) is 90.4 Å². The van der Waals surface area contributed by atoms with Crippen molar-refractivity contribution in [3.05, 3.63) is 71.5 Å². The number of ether oxygens (including phenoxy) is 1. The fourth-order valence-electron chi connectivity index (χ4n) is 3.32. The highest BCUT2D eigenvalue weighted by molar-refractivity contribution is 6.09. The maximum atomic E-state index is 13.3. The molecule has 0 saturated heterocycles. The van der Waals surface area contributed by atoms with Gasteiger partial charge < -0.3 is 15.4 Å². The maximum absolute atomic E-state index is 13.3.